The third-order valence-corrected chi connectivity index (χ3v) is 3.01. The highest BCUT2D eigenvalue weighted by Gasteiger charge is 2.29. The van der Waals surface area contributed by atoms with Gasteiger partial charge in [-0.25, -0.2) is 0 Å². The standard InChI is InChI=1S/C14H22N2O2/c1-14(2,11-5-7-12(15)8-6-11)13(17)16-9-4-10-18-3/h5-8H,4,9-10,15H2,1-3H3,(H,16,17). The lowest BCUT2D eigenvalue weighted by Gasteiger charge is -2.24. The molecule has 1 amide bonds. The van der Waals surface area contributed by atoms with Crippen LogP contribution in [0, 0.1) is 0 Å². The predicted octanol–water partition coefficient (Wildman–Crippen LogP) is 1.70. The molecule has 1 rings (SSSR count). The second-order valence-corrected chi connectivity index (χ2v) is 4.85. The lowest BCUT2D eigenvalue weighted by atomic mass is 9.83. The summed E-state index contributed by atoms with van der Waals surface area (Å²) in [6.07, 6.45) is 0.820. The summed E-state index contributed by atoms with van der Waals surface area (Å²) in [4.78, 5) is 12.1. The van der Waals surface area contributed by atoms with Gasteiger partial charge in [-0.2, -0.15) is 0 Å². The number of carbonyl (C=O) groups excluding carboxylic acids is 1. The van der Waals surface area contributed by atoms with Gasteiger partial charge in [-0.1, -0.05) is 12.1 Å². The first-order chi connectivity index (χ1) is 8.48. The van der Waals surface area contributed by atoms with Crippen LogP contribution in [0.2, 0.25) is 0 Å². The van der Waals surface area contributed by atoms with E-state index in [0.29, 0.717) is 18.8 Å². The summed E-state index contributed by atoms with van der Waals surface area (Å²) in [7, 11) is 1.65. The molecule has 0 fully saturated rings. The zero-order valence-electron chi connectivity index (χ0n) is 11.3. The van der Waals surface area contributed by atoms with Crippen molar-refractivity contribution in [2.45, 2.75) is 25.7 Å². The van der Waals surface area contributed by atoms with Crippen LogP contribution < -0.4 is 11.1 Å². The number of amides is 1. The van der Waals surface area contributed by atoms with Crippen LogP contribution in [-0.2, 0) is 14.9 Å². The number of nitrogens with two attached hydrogens (primary N) is 1. The number of methoxy groups -OCH3 is 1. The minimum absolute atomic E-state index is 0.0170. The Balaban J connectivity index is 2.61. The van der Waals surface area contributed by atoms with Crippen LogP contribution >= 0.6 is 0 Å². The van der Waals surface area contributed by atoms with Crippen LogP contribution in [0.15, 0.2) is 24.3 Å². The van der Waals surface area contributed by atoms with E-state index in [4.69, 9.17) is 10.5 Å². The fourth-order valence-corrected chi connectivity index (χ4v) is 1.67. The van der Waals surface area contributed by atoms with Crippen LogP contribution in [0.1, 0.15) is 25.8 Å². The smallest absolute Gasteiger partial charge is 0.230 e. The van der Waals surface area contributed by atoms with Crippen molar-refractivity contribution in [3.8, 4) is 0 Å². The quantitative estimate of drug-likeness (QED) is 0.596. The highest BCUT2D eigenvalue weighted by molar-refractivity contribution is 5.87. The zero-order valence-corrected chi connectivity index (χ0v) is 11.3. The highest BCUT2D eigenvalue weighted by Crippen LogP contribution is 2.24. The largest absolute Gasteiger partial charge is 0.399 e. The van der Waals surface area contributed by atoms with Crippen molar-refractivity contribution < 1.29 is 9.53 Å². The van der Waals surface area contributed by atoms with Crippen molar-refractivity contribution in [3.05, 3.63) is 29.8 Å². The van der Waals surface area contributed by atoms with Gasteiger partial charge < -0.3 is 15.8 Å². The van der Waals surface area contributed by atoms with Gasteiger partial charge >= 0.3 is 0 Å². The van der Waals surface area contributed by atoms with Gasteiger partial charge in [0.25, 0.3) is 0 Å². The minimum atomic E-state index is -0.555. The summed E-state index contributed by atoms with van der Waals surface area (Å²) in [5.41, 5.74) is 6.75. The predicted molar refractivity (Wildman–Crippen MR) is 73.4 cm³/mol. The van der Waals surface area contributed by atoms with Gasteiger partial charge in [0.15, 0.2) is 0 Å². The molecular weight excluding hydrogens is 228 g/mol. The fourth-order valence-electron chi connectivity index (χ4n) is 1.67. The fraction of sp³-hybridized carbons (Fsp3) is 0.500. The van der Waals surface area contributed by atoms with E-state index in [9.17, 15) is 4.79 Å². The van der Waals surface area contributed by atoms with Gasteiger partial charge in [0.05, 0.1) is 5.41 Å². The van der Waals surface area contributed by atoms with Crippen molar-refractivity contribution in [3.63, 3.8) is 0 Å². The Kier molecular flexibility index (Phi) is 5.16. The molecule has 1 aromatic carbocycles. The monoisotopic (exact) mass is 250 g/mol. The van der Waals surface area contributed by atoms with E-state index in [0.717, 1.165) is 12.0 Å². The average molecular weight is 250 g/mol. The molecular formula is C14H22N2O2. The van der Waals surface area contributed by atoms with E-state index in [1.165, 1.54) is 0 Å². The molecule has 18 heavy (non-hydrogen) atoms. The zero-order chi connectivity index (χ0) is 13.6. The third kappa shape index (κ3) is 3.74. The molecule has 0 unspecified atom stereocenters. The van der Waals surface area contributed by atoms with Crippen molar-refractivity contribution >= 4 is 11.6 Å². The molecule has 4 heteroatoms. The van der Waals surface area contributed by atoms with Gasteiger partial charge in [0, 0.05) is 25.9 Å². The summed E-state index contributed by atoms with van der Waals surface area (Å²) < 4.78 is 4.94. The summed E-state index contributed by atoms with van der Waals surface area (Å²) >= 11 is 0. The summed E-state index contributed by atoms with van der Waals surface area (Å²) in [6.45, 7) is 5.10. The number of hydrogen-bond acceptors (Lipinski definition) is 3. The molecule has 0 saturated carbocycles. The maximum atomic E-state index is 12.1. The van der Waals surface area contributed by atoms with Crippen LogP contribution in [0.25, 0.3) is 0 Å². The topological polar surface area (TPSA) is 64.3 Å². The molecule has 0 saturated heterocycles. The van der Waals surface area contributed by atoms with Crippen LogP contribution in [-0.4, -0.2) is 26.2 Å². The van der Waals surface area contributed by atoms with Crippen molar-refractivity contribution in [1.29, 1.82) is 0 Å². The molecule has 0 heterocycles. The van der Waals surface area contributed by atoms with E-state index < -0.39 is 5.41 Å². The van der Waals surface area contributed by atoms with Gasteiger partial charge in [0.1, 0.15) is 0 Å². The molecule has 0 aliphatic heterocycles. The van der Waals surface area contributed by atoms with Crippen molar-refractivity contribution in [2.24, 2.45) is 0 Å². The maximum Gasteiger partial charge on any atom is 0.230 e. The Morgan fingerprint density at radius 1 is 1.33 bits per heavy atom. The molecule has 0 aliphatic rings. The van der Waals surface area contributed by atoms with Crippen molar-refractivity contribution in [1.82, 2.24) is 5.32 Å². The second-order valence-electron chi connectivity index (χ2n) is 4.85. The highest BCUT2D eigenvalue weighted by atomic mass is 16.5. The SMILES string of the molecule is COCCCNC(=O)C(C)(C)c1ccc(N)cc1. The number of carbonyl (C=O) groups is 1. The third-order valence-electron chi connectivity index (χ3n) is 3.01. The molecule has 0 aromatic heterocycles. The van der Waals surface area contributed by atoms with Crippen molar-refractivity contribution in [2.75, 3.05) is 26.0 Å². The second kappa shape index (κ2) is 6.40. The number of rotatable bonds is 6. The number of anilines is 1. The average Bonchev–Trinajstić information content (AvgIpc) is 2.35. The van der Waals surface area contributed by atoms with Crippen LogP contribution in [0.3, 0.4) is 0 Å². The Labute approximate surface area is 109 Å². The van der Waals surface area contributed by atoms with Crippen LogP contribution in [0.4, 0.5) is 5.69 Å². The van der Waals surface area contributed by atoms with E-state index in [2.05, 4.69) is 5.32 Å². The van der Waals surface area contributed by atoms with Gasteiger partial charge in [0.2, 0.25) is 5.91 Å². The summed E-state index contributed by atoms with van der Waals surface area (Å²) in [5, 5.41) is 2.92. The summed E-state index contributed by atoms with van der Waals surface area (Å²) in [6, 6.07) is 7.42. The number of benzene rings is 1. The number of nitrogen functional groups attached to an aromatic ring is 1. The Morgan fingerprint density at radius 2 is 1.94 bits per heavy atom. The normalized spacial score (nSPS) is 11.3. The molecule has 100 valence electrons. The Bertz CT molecular complexity index is 385. The van der Waals surface area contributed by atoms with Gasteiger partial charge in [-0.05, 0) is 38.0 Å². The molecule has 3 N–H and O–H groups in total. The van der Waals surface area contributed by atoms with E-state index in [1.807, 2.05) is 38.1 Å². The number of ether oxygens (including phenoxy) is 1. The summed E-state index contributed by atoms with van der Waals surface area (Å²) in [5.74, 6) is 0.0170. The molecule has 0 bridgehead atoms. The Hall–Kier alpha value is -1.55. The molecule has 0 atom stereocenters. The van der Waals surface area contributed by atoms with E-state index in [-0.39, 0.29) is 5.91 Å². The Morgan fingerprint density at radius 3 is 2.50 bits per heavy atom. The first kappa shape index (κ1) is 14.5. The van der Waals surface area contributed by atoms with Gasteiger partial charge in [-0.15, -0.1) is 0 Å². The van der Waals surface area contributed by atoms with Gasteiger partial charge in [-0.3, -0.25) is 4.79 Å². The van der Waals surface area contributed by atoms with E-state index in [1.54, 1.807) is 7.11 Å². The first-order valence-corrected chi connectivity index (χ1v) is 6.11. The van der Waals surface area contributed by atoms with Crippen LogP contribution in [0.5, 0.6) is 0 Å². The molecule has 0 spiro atoms. The number of nitrogens with one attached hydrogen (secondary N) is 1. The molecule has 0 aliphatic carbocycles. The molecule has 0 radical (unpaired) electrons. The lowest BCUT2D eigenvalue weighted by molar-refractivity contribution is -0.125. The first-order valence-electron chi connectivity index (χ1n) is 6.11. The van der Waals surface area contributed by atoms with E-state index >= 15 is 0 Å². The minimum Gasteiger partial charge on any atom is -0.399 e. The molecule has 4 nitrogen and oxygen atoms in total. The number of hydrogen-bond donors (Lipinski definition) is 2. The maximum absolute atomic E-state index is 12.1. The lowest BCUT2D eigenvalue weighted by Crippen LogP contribution is -2.40. The molecule has 1 aromatic rings.